The second kappa shape index (κ2) is 9.38. The van der Waals surface area contributed by atoms with E-state index in [-0.39, 0.29) is 17.6 Å². The predicted octanol–water partition coefficient (Wildman–Crippen LogP) is 7.45. The van der Waals surface area contributed by atoms with E-state index in [0.29, 0.717) is 11.7 Å². The summed E-state index contributed by atoms with van der Waals surface area (Å²) < 4.78 is 12.3. The normalized spacial score (nSPS) is 20.4. The van der Waals surface area contributed by atoms with Crippen molar-refractivity contribution in [2.75, 3.05) is 4.90 Å². The minimum Gasteiger partial charge on any atom is -0.547 e. The van der Waals surface area contributed by atoms with Crippen molar-refractivity contribution in [3.63, 3.8) is 0 Å². The number of nitrogens with zero attached hydrogens (tertiary/aromatic N) is 1. The molecule has 1 aliphatic carbocycles. The van der Waals surface area contributed by atoms with Gasteiger partial charge >= 0.3 is 6.09 Å². The third-order valence-corrected chi connectivity index (χ3v) is 7.55. The van der Waals surface area contributed by atoms with Gasteiger partial charge in [0.25, 0.3) is 0 Å². The van der Waals surface area contributed by atoms with Crippen LogP contribution in [0.2, 0.25) is 13.1 Å². The molecule has 0 N–H and O–H groups in total. The zero-order chi connectivity index (χ0) is 23.8. The number of benzene rings is 2. The van der Waals surface area contributed by atoms with Crippen LogP contribution in [-0.2, 0) is 0 Å². The number of hydrogen-bond acceptors (Lipinski definition) is 3. The van der Waals surface area contributed by atoms with Crippen molar-refractivity contribution in [2.24, 2.45) is 11.3 Å². The van der Waals surface area contributed by atoms with E-state index in [2.05, 4.69) is 52.9 Å². The van der Waals surface area contributed by atoms with Gasteiger partial charge in [0.15, 0.2) is 0 Å². The maximum atomic E-state index is 13.6. The van der Waals surface area contributed by atoms with Gasteiger partial charge in [-0.05, 0) is 85.5 Å². The van der Waals surface area contributed by atoms with Crippen LogP contribution in [0.1, 0.15) is 58.9 Å². The maximum absolute atomic E-state index is 13.6. The summed E-state index contributed by atoms with van der Waals surface area (Å²) >= 11 is 0. The van der Waals surface area contributed by atoms with E-state index in [1.807, 2.05) is 41.3 Å². The zero-order valence-corrected chi connectivity index (χ0v) is 22.0. The minimum absolute atomic E-state index is 0.000377. The van der Waals surface area contributed by atoms with Crippen LogP contribution in [0, 0.1) is 11.3 Å². The van der Waals surface area contributed by atoms with Crippen molar-refractivity contribution in [1.82, 2.24) is 0 Å². The van der Waals surface area contributed by atoms with Crippen molar-refractivity contribution in [1.29, 1.82) is 0 Å². The van der Waals surface area contributed by atoms with Gasteiger partial charge in [-0.3, -0.25) is 4.90 Å². The van der Waals surface area contributed by atoms with E-state index < -0.39 is 9.04 Å². The lowest BCUT2D eigenvalue weighted by Crippen LogP contribution is -2.47. The van der Waals surface area contributed by atoms with E-state index in [4.69, 9.17) is 9.16 Å². The van der Waals surface area contributed by atoms with Crippen LogP contribution in [0.15, 0.2) is 54.1 Å². The van der Waals surface area contributed by atoms with Gasteiger partial charge in [-0.25, -0.2) is 4.79 Å². The van der Waals surface area contributed by atoms with Gasteiger partial charge in [-0.1, -0.05) is 52.0 Å². The summed E-state index contributed by atoms with van der Waals surface area (Å²) in [5, 5.41) is 0. The Balaban J connectivity index is 1.90. The molecule has 4 rings (SSSR count). The molecule has 0 aromatic heterocycles. The number of rotatable bonds is 4. The summed E-state index contributed by atoms with van der Waals surface area (Å²) in [6.07, 6.45) is 3.86. The Morgan fingerprint density at radius 3 is 2.45 bits per heavy atom. The van der Waals surface area contributed by atoms with Crippen molar-refractivity contribution in [2.45, 2.75) is 72.5 Å². The Hall–Kier alpha value is -2.53. The number of allylic oxidation sites excluding steroid dienone is 1. The summed E-state index contributed by atoms with van der Waals surface area (Å²) in [5.41, 5.74) is 4.98. The largest absolute Gasteiger partial charge is 0.547 e. The Morgan fingerprint density at radius 1 is 1.09 bits per heavy atom. The molecule has 0 saturated heterocycles. The first kappa shape index (κ1) is 23.6. The van der Waals surface area contributed by atoms with Crippen molar-refractivity contribution >= 4 is 26.4 Å². The minimum atomic E-state index is -1.34. The molecule has 0 fully saturated rings. The molecule has 1 aliphatic heterocycles. The lowest BCUT2D eigenvalue weighted by atomic mass is 9.64. The average Bonchev–Trinajstić information content (AvgIpc) is 2.77. The summed E-state index contributed by atoms with van der Waals surface area (Å²) in [4.78, 5) is 15.5. The molecule has 0 radical (unpaired) electrons. The number of fused-ring (bicyclic) bond motifs is 2. The van der Waals surface area contributed by atoms with Crippen LogP contribution in [0.3, 0.4) is 0 Å². The molecule has 4 nitrogen and oxygen atoms in total. The number of amides is 1. The SMILES string of the molecule is CCC1C2=C(c3c(O[SiH](C)C)cccc3N1C(=O)Oc1ccccc1)C(C(C)(C)C)CCC2. The van der Waals surface area contributed by atoms with E-state index >= 15 is 0 Å². The van der Waals surface area contributed by atoms with Gasteiger partial charge in [0.2, 0.25) is 9.04 Å². The molecule has 0 saturated carbocycles. The number of carbonyl (C=O) groups excluding carboxylic acids is 1. The first-order valence-corrected chi connectivity index (χ1v) is 15.1. The molecule has 1 amide bonds. The predicted molar refractivity (Wildman–Crippen MR) is 139 cm³/mol. The van der Waals surface area contributed by atoms with Crippen LogP contribution >= 0.6 is 0 Å². The topological polar surface area (TPSA) is 38.8 Å². The van der Waals surface area contributed by atoms with Gasteiger partial charge in [0.1, 0.15) is 11.5 Å². The van der Waals surface area contributed by atoms with Gasteiger partial charge in [-0.2, -0.15) is 0 Å². The second-order valence-electron chi connectivity index (χ2n) is 10.5. The summed E-state index contributed by atoms with van der Waals surface area (Å²) in [5.74, 6) is 1.92. The van der Waals surface area contributed by atoms with Gasteiger partial charge in [-0.15, -0.1) is 0 Å². The Labute approximate surface area is 200 Å². The van der Waals surface area contributed by atoms with Crippen LogP contribution in [0.5, 0.6) is 11.5 Å². The highest BCUT2D eigenvalue weighted by atomic mass is 28.3. The van der Waals surface area contributed by atoms with Gasteiger partial charge in [0.05, 0.1) is 11.7 Å². The van der Waals surface area contributed by atoms with E-state index in [0.717, 1.165) is 36.3 Å². The molecule has 176 valence electrons. The fraction of sp³-hybridized carbons (Fsp3) is 0.464. The lowest BCUT2D eigenvalue weighted by Gasteiger charge is -2.46. The lowest BCUT2D eigenvalue weighted by molar-refractivity contribution is 0.204. The third kappa shape index (κ3) is 4.61. The smallest absolute Gasteiger partial charge is 0.420 e. The molecule has 2 aromatic carbocycles. The van der Waals surface area contributed by atoms with Crippen molar-refractivity contribution in [3.8, 4) is 11.5 Å². The Morgan fingerprint density at radius 2 is 1.82 bits per heavy atom. The van der Waals surface area contributed by atoms with Crippen LogP contribution < -0.4 is 14.1 Å². The number of hydrogen-bond donors (Lipinski definition) is 0. The molecule has 0 spiro atoms. The molecule has 2 atom stereocenters. The van der Waals surface area contributed by atoms with Crippen molar-refractivity contribution in [3.05, 3.63) is 59.7 Å². The molecule has 2 unspecified atom stereocenters. The average molecular weight is 464 g/mol. The first-order chi connectivity index (χ1) is 15.7. The molecule has 2 aliphatic rings. The zero-order valence-electron chi connectivity index (χ0n) is 20.9. The highest BCUT2D eigenvalue weighted by molar-refractivity contribution is 6.49. The molecule has 2 aromatic rings. The van der Waals surface area contributed by atoms with E-state index in [1.54, 1.807) is 0 Å². The number of para-hydroxylation sites is 1. The van der Waals surface area contributed by atoms with Gasteiger partial charge in [0, 0.05) is 5.56 Å². The number of ether oxygens (including phenoxy) is 1. The molecular formula is C28H37NO3Si. The highest BCUT2D eigenvalue weighted by Gasteiger charge is 2.44. The number of anilines is 1. The third-order valence-electron chi connectivity index (χ3n) is 6.82. The van der Waals surface area contributed by atoms with Crippen LogP contribution in [0.4, 0.5) is 10.5 Å². The quantitative estimate of drug-likeness (QED) is 0.442. The summed E-state index contributed by atoms with van der Waals surface area (Å²) in [7, 11) is -1.34. The fourth-order valence-electron chi connectivity index (χ4n) is 5.51. The molecular weight excluding hydrogens is 426 g/mol. The van der Waals surface area contributed by atoms with E-state index in [9.17, 15) is 4.79 Å². The van der Waals surface area contributed by atoms with Crippen LogP contribution in [-0.4, -0.2) is 21.2 Å². The molecule has 33 heavy (non-hydrogen) atoms. The van der Waals surface area contributed by atoms with Crippen LogP contribution in [0.25, 0.3) is 5.57 Å². The molecule has 0 bridgehead atoms. The maximum Gasteiger partial charge on any atom is 0.420 e. The second-order valence-corrected chi connectivity index (χ2v) is 12.9. The monoisotopic (exact) mass is 463 g/mol. The molecule has 1 heterocycles. The number of carbonyl (C=O) groups is 1. The Kier molecular flexibility index (Phi) is 6.71. The van der Waals surface area contributed by atoms with E-state index in [1.165, 1.54) is 17.6 Å². The van der Waals surface area contributed by atoms with Gasteiger partial charge < -0.3 is 9.16 Å². The summed E-state index contributed by atoms with van der Waals surface area (Å²) in [6.45, 7) is 13.6. The fourth-order valence-corrected chi connectivity index (χ4v) is 6.21. The Bertz CT molecular complexity index is 1040. The summed E-state index contributed by atoms with van der Waals surface area (Å²) in [6, 6.07) is 15.5. The molecule has 5 heteroatoms. The highest BCUT2D eigenvalue weighted by Crippen LogP contribution is 2.55. The standard InChI is InChI=1S/C28H37NO3Si/c1-7-22-20-15-11-16-21(28(2,3)4)25(20)26-23(17-12-18-24(26)32-33(5)6)29(22)27(30)31-19-13-9-8-10-14-19/h8-10,12-14,17-18,21-22,33H,7,11,15-16H2,1-6H3. The van der Waals surface area contributed by atoms with Crippen molar-refractivity contribution < 1.29 is 14.0 Å². The first-order valence-electron chi connectivity index (χ1n) is 12.3.